The smallest absolute Gasteiger partial charge is 0.407 e. The summed E-state index contributed by atoms with van der Waals surface area (Å²) in [6.45, 7) is 6.14. The van der Waals surface area contributed by atoms with Gasteiger partial charge < -0.3 is 33.7 Å². The van der Waals surface area contributed by atoms with Gasteiger partial charge in [-0.2, -0.15) is 0 Å². The largest absolute Gasteiger partial charge is 0.449 e. The predicted molar refractivity (Wildman–Crippen MR) is 156 cm³/mol. The van der Waals surface area contributed by atoms with E-state index in [1.165, 1.54) is 0 Å². The Kier molecular flexibility index (Phi) is 10.5. The zero-order valence-corrected chi connectivity index (χ0v) is 24.7. The maximum atomic E-state index is 13.1. The minimum atomic E-state index is -1.05. The number of rotatable bonds is 12. The summed E-state index contributed by atoms with van der Waals surface area (Å²) >= 11 is 0. The van der Waals surface area contributed by atoms with E-state index in [0.29, 0.717) is 26.2 Å². The fourth-order valence-electron chi connectivity index (χ4n) is 5.62. The highest BCUT2D eigenvalue weighted by molar-refractivity contribution is 5.82. The number of ether oxygens (including phenoxy) is 6. The monoisotopic (exact) mass is 581 g/mol. The first-order chi connectivity index (χ1) is 20.4. The molecule has 3 atom stereocenters. The average Bonchev–Trinajstić information content (AvgIpc) is 3.33. The summed E-state index contributed by atoms with van der Waals surface area (Å²) in [5.74, 6) is -0.700. The summed E-state index contributed by atoms with van der Waals surface area (Å²) in [6.07, 6.45) is 3.99. The molecule has 1 N–H and O–H groups in total. The molecule has 0 saturated carbocycles. The molecule has 228 valence electrons. The molecule has 2 fully saturated rings. The molecule has 2 aromatic carbocycles. The second kappa shape index (κ2) is 14.5. The Labute approximate surface area is 248 Å². The summed E-state index contributed by atoms with van der Waals surface area (Å²) in [6, 6.07) is 15.2. The Morgan fingerprint density at radius 3 is 2.12 bits per heavy atom. The van der Waals surface area contributed by atoms with Gasteiger partial charge in [0.2, 0.25) is 6.29 Å². The van der Waals surface area contributed by atoms with Crippen LogP contribution in [-0.2, 0) is 33.2 Å². The second-order valence-corrected chi connectivity index (χ2v) is 12.0. The molecule has 0 radical (unpaired) electrons. The van der Waals surface area contributed by atoms with E-state index in [2.05, 4.69) is 29.6 Å². The van der Waals surface area contributed by atoms with Crippen molar-refractivity contribution in [2.75, 3.05) is 39.6 Å². The van der Waals surface area contributed by atoms with Crippen molar-refractivity contribution in [3.63, 3.8) is 0 Å². The maximum Gasteiger partial charge on any atom is 0.407 e. The van der Waals surface area contributed by atoms with E-state index in [-0.39, 0.29) is 30.8 Å². The van der Waals surface area contributed by atoms with E-state index in [4.69, 9.17) is 28.4 Å². The first kappa shape index (κ1) is 30.5. The fraction of sp³-hybridized carbons (Fsp3) is 0.576. The van der Waals surface area contributed by atoms with Crippen LogP contribution in [0.2, 0.25) is 0 Å². The lowest BCUT2D eigenvalue weighted by Crippen LogP contribution is -2.47. The van der Waals surface area contributed by atoms with Crippen molar-refractivity contribution in [1.29, 1.82) is 0 Å². The molecule has 0 bridgehead atoms. The first-order valence-electron chi connectivity index (χ1n) is 15.1. The molecule has 2 unspecified atom stereocenters. The lowest BCUT2D eigenvalue weighted by Gasteiger charge is -2.30. The van der Waals surface area contributed by atoms with Crippen LogP contribution in [-0.4, -0.2) is 70.3 Å². The van der Waals surface area contributed by atoms with E-state index in [1.807, 2.05) is 38.1 Å². The summed E-state index contributed by atoms with van der Waals surface area (Å²) in [5.41, 5.74) is 4.19. The van der Waals surface area contributed by atoms with Crippen molar-refractivity contribution in [3.05, 3.63) is 59.7 Å². The molecule has 3 aliphatic rings. The number of hydrogen-bond acceptors (Lipinski definition) is 8. The highest BCUT2D eigenvalue weighted by Gasteiger charge is 2.32. The molecule has 2 saturated heterocycles. The number of fused-ring (bicyclic) bond motifs is 3. The van der Waals surface area contributed by atoms with E-state index >= 15 is 0 Å². The quantitative estimate of drug-likeness (QED) is 0.326. The lowest BCUT2D eigenvalue weighted by molar-refractivity contribution is -0.191. The van der Waals surface area contributed by atoms with Crippen molar-refractivity contribution in [1.82, 2.24) is 5.32 Å². The van der Waals surface area contributed by atoms with Crippen LogP contribution >= 0.6 is 0 Å². The molecule has 2 heterocycles. The van der Waals surface area contributed by atoms with Crippen molar-refractivity contribution < 1.29 is 38.0 Å². The average molecular weight is 582 g/mol. The molecule has 2 aliphatic heterocycles. The van der Waals surface area contributed by atoms with Crippen LogP contribution in [0.3, 0.4) is 0 Å². The van der Waals surface area contributed by atoms with Gasteiger partial charge in [0.1, 0.15) is 6.61 Å². The first-order valence-corrected chi connectivity index (χ1v) is 15.1. The zero-order valence-electron chi connectivity index (χ0n) is 24.7. The standard InChI is InChI=1S/C33H43NO8/c1-33(2,22-41-29-15-7-9-17-38-29)21-37-20-28(31(35)42-30-16-8-10-18-39-30)34-32(36)40-19-27-25-13-5-3-11-23(25)24-12-4-6-14-26(24)27/h3-6,11-14,27-30H,7-10,15-22H2,1-2H3,(H,34,36)/t28-,29?,30?/m0/s1. The van der Waals surface area contributed by atoms with Crippen LogP contribution in [0.25, 0.3) is 11.1 Å². The number of benzene rings is 2. The molecule has 1 aliphatic carbocycles. The van der Waals surface area contributed by atoms with Gasteiger partial charge in [-0.15, -0.1) is 0 Å². The molecule has 42 heavy (non-hydrogen) atoms. The zero-order chi connectivity index (χ0) is 29.4. The Morgan fingerprint density at radius 2 is 1.50 bits per heavy atom. The SMILES string of the molecule is CC(C)(COC[C@H](NC(=O)OCC1c2ccccc2-c2ccccc21)C(=O)OC1CCCCO1)COC1CCCCO1. The van der Waals surface area contributed by atoms with Gasteiger partial charge in [-0.05, 0) is 54.4 Å². The molecule has 0 aromatic heterocycles. The van der Waals surface area contributed by atoms with Gasteiger partial charge >= 0.3 is 12.1 Å². The van der Waals surface area contributed by atoms with E-state index in [0.717, 1.165) is 61.0 Å². The summed E-state index contributed by atoms with van der Waals surface area (Å²) in [7, 11) is 0. The Bertz CT molecular complexity index is 1140. The van der Waals surface area contributed by atoms with Crippen LogP contribution in [0, 0.1) is 5.41 Å². The third-order valence-electron chi connectivity index (χ3n) is 7.88. The van der Waals surface area contributed by atoms with Gasteiger partial charge in [-0.1, -0.05) is 62.4 Å². The van der Waals surface area contributed by atoms with Gasteiger partial charge in [0, 0.05) is 24.4 Å². The van der Waals surface area contributed by atoms with Crippen molar-refractivity contribution in [2.45, 2.75) is 76.9 Å². The highest BCUT2D eigenvalue weighted by atomic mass is 16.7. The molecule has 1 amide bonds. The van der Waals surface area contributed by atoms with E-state index in [1.54, 1.807) is 0 Å². The topological polar surface area (TPSA) is 102 Å². The minimum Gasteiger partial charge on any atom is -0.449 e. The number of alkyl carbamates (subject to hydrolysis) is 1. The van der Waals surface area contributed by atoms with Crippen molar-refractivity contribution >= 4 is 12.1 Å². The fourth-order valence-corrected chi connectivity index (χ4v) is 5.62. The van der Waals surface area contributed by atoms with Crippen molar-refractivity contribution in [2.24, 2.45) is 5.41 Å². The van der Waals surface area contributed by atoms with Gasteiger partial charge in [-0.3, -0.25) is 0 Å². The van der Waals surface area contributed by atoms with Crippen LogP contribution in [0.15, 0.2) is 48.5 Å². The normalized spacial score (nSPS) is 21.2. The van der Waals surface area contributed by atoms with Gasteiger partial charge in [0.05, 0.1) is 26.4 Å². The number of amides is 1. The molecular formula is C33H43NO8. The van der Waals surface area contributed by atoms with Crippen LogP contribution in [0.1, 0.15) is 69.4 Å². The Balaban J connectivity index is 1.16. The number of esters is 1. The molecule has 9 nitrogen and oxygen atoms in total. The Morgan fingerprint density at radius 1 is 0.881 bits per heavy atom. The number of hydrogen-bond donors (Lipinski definition) is 1. The summed E-state index contributed by atoms with van der Waals surface area (Å²) in [4.78, 5) is 26.1. The predicted octanol–water partition coefficient (Wildman–Crippen LogP) is 5.55. The highest BCUT2D eigenvalue weighted by Crippen LogP contribution is 2.44. The number of carbonyl (C=O) groups excluding carboxylic acids is 2. The lowest BCUT2D eigenvalue weighted by atomic mass is 9.96. The summed E-state index contributed by atoms with van der Waals surface area (Å²) < 4.78 is 34.4. The molecule has 9 heteroatoms. The number of carbonyl (C=O) groups is 2. The molecule has 0 spiro atoms. The molecule has 2 aromatic rings. The van der Waals surface area contributed by atoms with Crippen LogP contribution < -0.4 is 5.32 Å². The molecular weight excluding hydrogens is 538 g/mol. The number of nitrogens with one attached hydrogen (secondary N) is 1. The van der Waals surface area contributed by atoms with E-state index < -0.39 is 24.4 Å². The van der Waals surface area contributed by atoms with Gasteiger partial charge in [0.25, 0.3) is 0 Å². The second-order valence-electron chi connectivity index (χ2n) is 12.0. The van der Waals surface area contributed by atoms with Crippen LogP contribution in [0.4, 0.5) is 4.79 Å². The maximum absolute atomic E-state index is 13.1. The Hall–Kier alpha value is -2.98. The van der Waals surface area contributed by atoms with Gasteiger partial charge in [0.15, 0.2) is 12.3 Å². The van der Waals surface area contributed by atoms with Crippen LogP contribution in [0.5, 0.6) is 0 Å². The van der Waals surface area contributed by atoms with Crippen molar-refractivity contribution in [3.8, 4) is 11.1 Å². The minimum absolute atomic E-state index is 0.0703. The third kappa shape index (κ3) is 8.10. The van der Waals surface area contributed by atoms with Gasteiger partial charge in [-0.25, -0.2) is 9.59 Å². The van der Waals surface area contributed by atoms with E-state index in [9.17, 15) is 9.59 Å². The third-order valence-corrected chi connectivity index (χ3v) is 7.88. The molecule has 5 rings (SSSR count). The summed E-state index contributed by atoms with van der Waals surface area (Å²) in [5, 5.41) is 2.68.